The lowest BCUT2D eigenvalue weighted by molar-refractivity contribution is -0.132. The molecular weight excluding hydrogens is 470 g/mol. The van der Waals surface area contributed by atoms with Crippen molar-refractivity contribution in [2.24, 2.45) is 0 Å². The zero-order chi connectivity index (χ0) is 26.1. The lowest BCUT2D eigenvalue weighted by atomic mass is 9.94. The number of methoxy groups -OCH3 is 2. The van der Waals surface area contributed by atoms with Crippen LogP contribution in [0.25, 0.3) is 5.76 Å². The normalized spacial score (nSPS) is 16.8. The van der Waals surface area contributed by atoms with Crippen LogP contribution in [0, 0.1) is 11.6 Å². The molecule has 186 valence electrons. The first-order chi connectivity index (χ1) is 17.2. The highest BCUT2D eigenvalue weighted by Crippen LogP contribution is 2.45. The fourth-order valence-corrected chi connectivity index (χ4v) is 4.22. The number of ketones is 1. The first kappa shape index (κ1) is 24.7. The van der Waals surface area contributed by atoms with Gasteiger partial charge in [0.15, 0.2) is 11.6 Å². The van der Waals surface area contributed by atoms with Crippen LogP contribution < -0.4 is 19.3 Å². The number of carbonyl (C=O) groups excluding carboxylic acids is 2. The maximum atomic E-state index is 14.1. The number of Topliss-reactive ketones (excluding diaryl/α,β-unsaturated/α-hetero) is 1. The number of hydrogen-bond acceptors (Lipinski definition) is 6. The third kappa shape index (κ3) is 4.13. The van der Waals surface area contributed by atoms with Crippen LogP contribution in [0.1, 0.15) is 17.2 Å². The van der Waals surface area contributed by atoms with Gasteiger partial charge >= 0.3 is 0 Å². The third-order valence-corrected chi connectivity index (χ3v) is 6.02. The zero-order valence-corrected chi connectivity index (χ0v) is 20.1. The van der Waals surface area contributed by atoms with Crippen molar-refractivity contribution in [2.45, 2.75) is 6.04 Å². The second kappa shape index (κ2) is 9.69. The lowest BCUT2D eigenvalue weighted by Gasteiger charge is -2.26. The molecule has 9 heteroatoms. The summed E-state index contributed by atoms with van der Waals surface area (Å²) in [5, 5.41) is 11.4. The van der Waals surface area contributed by atoms with Crippen LogP contribution >= 0.6 is 0 Å². The molecule has 1 aliphatic rings. The van der Waals surface area contributed by atoms with Crippen LogP contribution in [0.3, 0.4) is 0 Å². The quantitative estimate of drug-likeness (QED) is 0.305. The van der Waals surface area contributed by atoms with Crippen molar-refractivity contribution in [2.75, 3.05) is 38.1 Å². The minimum Gasteiger partial charge on any atom is -0.506 e. The number of nitrogens with zero attached hydrogens (tertiary/aromatic N) is 2. The van der Waals surface area contributed by atoms with E-state index < -0.39 is 35.1 Å². The summed E-state index contributed by atoms with van der Waals surface area (Å²) in [5.41, 5.74) is 1.13. The number of hydrogen-bond donors (Lipinski definition) is 1. The second-order valence-electron chi connectivity index (χ2n) is 8.29. The molecule has 1 heterocycles. The zero-order valence-electron chi connectivity index (χ0n) is 20.1. The standard InChI is InChI=1S/C27H24F2N2O5/c1-30(2)16-10-8-15(9-11-16)24-23(25(32)22-20(35-3)6-5-7-21(22)36-4)26(33)27(34)31(24)17-12-13-18(28)19(29)14-17/h5-14,24,32H,1-4H3/b25-23+. The molecule has 3 aromatic rings. The SMILES string of the molecule is COc1cccc(OC)c1/C(O)=C1\C(=O)C(=O)N(c2ccc(F)c(F)c2)C1c1ccc(N(C)C)cc1. The summed E-state index contributed by atoms with van der Waals surface area (Å²) in [6, 6.07) is 13.5. The molecule has 1 aliphatic heterocycles. The maximum Gasteiger partial charge on any atom is 0.300 e. The molecule has 1 atom stereocenters. The van der Waals surface area contributed by atoms with Crippen molar-refractivity contribution in [3.8, 4) is 11.5 Å². The number of aliphatic hydroxyl groups is 1. The van der Waals surface area contributed by atoms with Gasteiger partial charge in [-0.3, -0.25) is 14.5 Å². The van der Waals surface area contributed by atoms with E-state index in [4.69, 9.17) is 9.47 Å². The third-order valence-electron chi connectivity index (χ3n) is 6.02. The number of halogens is 2. The molecular formula is C27H24F2N2O5. The summed E-state index contributed by atoms with van der Waals surface area (Å²) in [6.07, 6.45) is 0. The monoisotopic (exact) mass is 494 g/mol. The number of carbonyl (C=O) groups is 2. The predicted molar refractivity (Wildman–Crippen MR) is 131 cm³/mol. The molecule has 0 aliphatic carbocycles. The highest BCUT2D eigenvalue weighted by Gasteiger charge is 2.47. The Morgan fingerprint density at radius 2 is 1.53 bits per heavy atom. The Morgan fingerprint density at radius 1 is 0.917 bits per heavy atom. The van der Waals surface area contributed by atoms with Gasteiger partial charge in [0.25, 0.3) is 11.7 Å². The number of aliphatic hydroxyl groups excluding tert-OH is 1. The van der Waals surface area contributed by atoms with Gasteiger partial charge in [-0.2, -0.15) is 0 Å². The Hall–Kier alpha value is -4.40. The van der Waals surface area contributed by atoms with E-state index in [2.05, 4.69) is 0 Å². The average Bonchev–Trinajstić information content (AvgIpc) is 3.15. The molecule has 7 nitrogen and oxygen atoms in total. The molecule has 0 radical (unpaired) electrons. The Morgan fingerprint density at radius 3 is 2.06 bits per heavy atom. The molecule has 4 rings (SSSR count). The maximum absolute atomic E-state index is 14.1. The molecule has 0 bridgehead atoms. The van der Waals surface area contributed by atoms with E-state index in [-0.39, 0.29) is 28.3 Å². The van der Waals surface area contributed by atoms with Gasteiger partial charge in [0.2, 0.25) is 0 Å². The first-order valence-electron chi connectivity index (χ1n) is 10.9. The Labute approximate surface area is 206 Å². The van der Waals surface area contributed by atoms with Gasteiger partial charge in [-0.25, -0.2) is 8.78 Å². The molecule has 1 fully saturated rings. The highest BCUT2D eigenvalue weighted by atomic mass is 19.2. The number of ether oxygens (including phenoxy) is 2. The van der Waals surface area contributed by atoms with Crippen LogP contribution in [-0.2, 0) is 9.59 Å². The van der Waals surface area contributed by atoms with E-state index in [9.17, 15) is 23.5 Å². The summed E-state index contributed by atoms with van der Waals surface area (Å²) in [4.78, 5) is 29.5. The van der Waals surface area contributed by atoms with Crippen molar-refractivity contribution in [3.63, 3.8) is 0 Å². The Bertz CT molecular complexity index is 1350. The van der Waals surface area contributed by atoms with Crippen LogP contribution in [0.15, 0.2) is 66.2 Å². The minimum absolute atomic E-state index is 0.0382. The molecule has 1 N–H and O–H groups in total. The van der Waals surface area contributed by atoms with Gasteiger partial charge in [0.05, 0.1) is 25.8 Å². The van der Waals surface area contributed by atoms with Crippen LogP contribution in [0.2, 0.25) is 0 Å². The van der Waals surface area contributed by atoms with Crippen molar-refractivity contribution in [1.82, 2.24) is 0 Å². The van der Waals surface area contributed by atoms with E-state index in [0.29, 0.717) is 5.56 Å². The summed E-state index contributed by atoms with van der Waals surface area (Å²) in [7, 11) is 6.50. The Kier molecular flexibility index (Phi) is 6.65. The van der Waals surface area contributed by atoms with Crippen LogP contribution in [-0.4, -0.2) is 45.1 Å². The molecule has 1 saturated heterocycles. The molecule has 0 spiro atoms. The lowest BCUT2D eigenvalue weighted by Crippen LogP contribution is -2.29. The number of anilines is 2. The predicted octanol–water partition coefficient (Wildman–Crippen LogP) is 4.67. The summed E-state index contributed by atoms with van der Waals surface area (Å²) >= 11 is 0. The number of rotatable bonds is 6. The van der Waals surface area contributed by atoms with Crippen molar-refractivity contribution in [3.05, 3.63) is 89.0 Å². The second-order valence-corrected chi connectivity index (χ2v) is 8.29. The highest BCUT2D eigenvalue weighted by molar-refractivity contribution is 6.51. The molecule has 0 aromatic heterocycles. The molecule has 36 heavy (non-hydrogen) atoms. The Balaban J connectivity index is 2.00. The fourth-order valence-electron chi connectivity index (χ4n) is 4.22. The van der Waals surface area contributed by atoms with Crippen LogP contribution in [0.4, 0.5) is 20.2 Å². The average molecular weight is 494 g/mol. The molecule has 0 saturated carbocycles. The van der Waals surface area contributed by atoms with E-state index in [1.807, 2.05) is 19.0 Å². The van der Waals surface area contributed by atoms with E-state index in [1.165, 1.54) is 20.3 Å². The van der Waals surface area contributed by atoms with Gasteiger partial charge in [0, 0.05) is 31.5 Å². The van der Waals surface area contributed by atoms with Gasteiger partial charge in [0.1, 0.15) is 22.8 Å². The smallest absolute Gasteiger partial charge is 0.300 e. The number of benzene rings is 3. The molecule has 3 aromatic carbocycles. The van der Waals surface area contributed by atoms with Crippen molar-refractivity contribution < 1.29 is 33.0 Å². The van der Waals surface area contributed by atoms with Gasteiger partial charge in [-0.05, 0) is 42.0 Å². The van der Waals surface area contributed by atoms with Crippen molar-refractivity contribution in [1.29, 1.82) is 0 Å². The molecule has 1 amide bonds. The minimum atomic E-state index is -1.18. The van der Waals surface area contributed by atoms with E-state index >= 15 is 0 Å². The van der Waals surface area contributed by atoms with Crippen LogP contribution in [0.5, 0.6) is 11.5 Å². The topological polar surface area (TPSA) is 79.3 Å². The first-order valence-corrected chi connectivity index (χ1v) is 10.9. The van der Waals surface area contributed by atoms with Crippen molar-refractivity contribution >= 4 is 28.8 Å². The largest absolute Gasteiger partial charge is 0.506 e. The fraction of sp³-hybridized carbons (Fsp3) is 0.185. The summed E-state index contributed by atoms with van der Waals surface area (Å²) < 4.78 is 38.6. The van der Waals surface area contributed by atoms with E-state index in [1.54, 1.807) is 42.5 Å². The van der Waals surface area contributed by atoms with Gasteiger partial charge in [-0.15, -0.1) is 0 Å². The van der Waals surface area contributed by atoms with Gasteiger partial charge in [-0.1, -0.05) is 18.2 Å². The number of amides is 1. The molecule has 1 unspecified atom stereocenters. The summed E-state index contributed by atoms with van der Waals surface area (Å²) in [5.74, 6) is -4.36. The van der Waals surface area contributed by atoms with E-state index in [0.717, 1.165) is 22.7 Å². The summed E-state index contributed by atoms with van der Waals surface area (Å²) in [6.45, 7) is 0. The van der Waals surface area contributed by atoms with Gasteiger partial charge < -0.3 is 19.5 Å².